The third-order valence-electron chi connectivity index (χ3n) is 15.1. The molecule has 0 bridgehead atoms. The fraction of sp³-hybridized carbons (Fsp3) is 0.938. The van der Waals surface area contributed by atoms with Crippen molar-refractivity contribution in [2.75, 3.05) is 13.2 Å². The van der Waals surface area contributed by atoms with Crippen LogP contribution < -0.4 is 5.32 Å². The number of hydrogen-bond donors (Lipinski definition) is 3. The molecule has 6 heteroatoms. The van der Waals surface area contributed by atoms with Gasteiger partial charge in [0.2, 0.25) is 5.91 Å². The van der Waals surface area contributed by atoms with Gasteiger partial charge in [-0.1, -0.05) is 328 Å². The maximum absolute atomic E-state index is 12.4. The molecule has 0 aliphatic rings. The molecule has 416 valence electrons. The highest BCUT2D eigenvalue weighted by Crippen LogP contribution is 2.18. The monoisotopic (exact) mass is 988 g/mol. The van der Waals surface area contributed by atoms with Gasteiger partial charge in [0.05, 0.1) is 25.4 Å². The first-order chi connectivity index (χ1) is 34.5. The molecule has 70 heavy (non-hydrogen) atoms. The van der Waals surface area contributed by atoms with Crippen LogP contribution in [0.4, 0.5) is 0 Å². The van der Waals surface area contributed by atoms with Gasteiger partial charge in [0.25, 0.3) is 0 Å². The Bertz CT molecular complexity index is 1050. The number of hydrogen-bond acceptors (Lipinski definition) is 5. The number of carbonyl (C=O) groups excluding carboxylic acids is 2. The molecule has 0 saturated heterocycles. The number of aliphatic hydroxyl groups excluding tert-OH is 2. The van der Waals surface area contributed by atoms with E-state index in [2.05, 4.69) is 19.2 Å². The third kappa shape index (κ3) is 55.9. The van der Waals surface area contributed by atoms with E-state index in [1.807, 2.05) is 6.08 Å². The Morgan fingerprint density at radius 2 is 0.657 bits per heavy atom. The zero-order chi connectivity index (χ0) is 50.7. The quantitative estimate of drug-likeness (QED) is 0.0321. The van der Waals surface area contributed by atoms with E-state index in [4.69, 9.17) is 4.74 Å². The summed E-state index contributed by atoms with van der Waals surface area (Å²) in [6, 6.07) is -0.622. The first kappa shape index (κ1) is 68.6. The van der Waals surface area contributed by atoms with E-state index in [1.165, 1.54) is 295 Å². The van der Waals surface area contributed by atoms with Crippen LogP contribution in [0.25, 0.3) is 0 Å². The molecule has 1 amide bonds. The minimum atomic E-state index is -0.839. The topological polar surface area (TPSA) is 95.9 Å². The molecule has 0 spiro atoms. The molecule has 3 N–H and O–H groups in total. The fourth-order valence-electron chi connectivity index (χ4n) is 10.2. The molecule has 0 aromatic heterocycles. The van der Waals surface area contributed by atoms with Crippen molar-refractivity contribution < 1.29 is 24.5 Å². The molecule has 0 aliphatic carbocycles. The van der Waals surface area contributed by atoms with E-state index in [0.29, 0.717) is 19.4 Å². The zero-order valence-electron chi connectivity index (χ0n) is 47.5. The number of nitrogens with one attached hydrogen (secondary N) is 1. The standard InChI is InChI=1S/C64H125NO5/c1-3-5-7-9-11-13-15-34-38-42-46-50-54-58-64(69)70-59-55-51-47-43-39-36-33-31-29-27-25-23-21-19-17-16-18-20-22-24-26-28-30-32-35-37-41-45-49-53-57-63(68)65-61(60-66)62(67)56-52-48-44-40-14-12-10-8-6-4-2/h52,56,61-62,66-67H,3-51,53-55,57-60H2,1-2H3,(H,65,68)/b56-52+. The smallest absolute Gasteiger partial charge is 0.305 e. The summed E-state index contributed by atoms with van der Waals surface area (Å²) in [7, 11) is 0. The summed E-state index contributed by atoms with van der Waals surface area (Å²) in [4.78, 5) is 24.4. The minimum Gasteiger partial charge on any atom is -0.466 e. The first-order valence-corrected chi connectivity index (χ1v) is 32.0. The Morgan fingerprint density at radius 1 is 0.386 bits per heavy atom. The molecule has 0 saturated carbocycles. The summed E-state index contributed by atoms with van der Waals surface area (Å²) in [6.07, 6.45) is 72.8. The Morgan fingerprint density at radius 3 is 0.971 bits per heavy atom. The highest BCUT2D eigenvalue weighted by atomic mass is 16.5. The average Bonchev–Trinajstić information content (AvgIpc) is 3.36. The molecule has 0 heterocycles. The van der Waals surface area contributed by atoms with Crippen LogP contribution in [0, 0.1) is 0 Å². The summed E-state index contributed by atoms with van der Waals surface area (Å²) >= 11 is 0. The van der Waals surface area contributed by atoms with Gasteiger partial charge in [-0.25, -0.2) is 0 Å². The van der Waals surface area contributed by atoms with Crippen molar-refractivity contribution in [1.29, 1.82) is 0 Å². The van der Waals surface area contributed by atoms with Crippen LogP contribution >= 0.6 is 0 Å². The lowest BCUT2D eigenvalue weighted by molar-refractivity contribution is -0.143. The predicted molar refractivity (Wildman–Crippen MR) is 306 cm³/mol. The average molecular weight is 989 g/mol. The Balaban J connectivity index is 3.30. The fourth-order valence-corrected chi connectivity index (χ4v) is 10.2. The van der Waals surface area contributed by atoms with Gasteiger partial charge in [0.15, 0.2) is 0 Å². The van der Waals surface area contributed by atoms with Crippen LogP contribution in [0.1, 0.15) is 361 Å². The highest BCUT2D eigenvalue weighted by molar-refractivity contribution is 5.76. The molecular formula is C64H125NO5. The maximum Gasteiger partial charge on any atom is 0.305 e. The predicted octanol–water partition coefficient (Wildman–Crippen LogP) is 20.0. The number of amides is 1. The highest BCUT2D eigenvalue weighted by Gasteiger charge is 2.18. The molecule has 0 aromatic carbocycles. The molecule has 2 atom stereocenters. The Hall–Kier alpha value is -1.40. The maximum atomic E-state index is 12.4. The molecule has 0 radical (unpaired) electrons. The van der Waals surface area contributed by atoms with Crippen molar-refractivity contribution in [1.82, 2.24) is 5.32 Å². The van der Waals surface area contributed by atoms with Gasteiger partial charge >= 0.3 is 5.97 Å². The number of carbonyl (C=O) groups is 2. The number of unbranched alkanes of at least 4 members (excludes halogenated alkanes) is 49. The van der Waals surface area contributed by atoms with E-state index in [-0.39, 0.29) is 18.5 Å². The van der Waals surface area contributed by atoms with E-state index < -0.39 is 12.1 Å². The van der Waals surface area contributed by atoms with Gasteiger partial charge in [-0.3, -0.25) is 9.59 Å². The molecule has 0 aliphatic heterocycles. The molecule has 0 rings (SSSR count). The Labute approximate surface area is 438 Å². The van der Waals surface area contributed by atoms with Crippen molar-refractivity contribution in [3.05, 3.63) is 12.2 Å². The van der Waals surface area contributed by atoms with Gasteiger partial charge in [0, 0.05) is 12.8 Å². The van der Waals surface area contributed by atoms with Gasteiger partial charge in [-0.2, -0.15) is 0 Å². The van der Waals surface area contributed by atoms with Gasteiger partial charge < -0.3 is 20.3 Å². The minimum absolute atomic E-state index is 0.0218. The van der Waals surface area contributed by atoms with Crippen LogP contribution in [0.2, 0.25) is 0 Å². The first-order valence-electron chi connectivity index (χ1n) is 32.0. The second kappa shape index (κ2) is 60.2. The van der Waals surface area contributed by atoms with Crippen molar-refractivity contribution >= 4 is 11.9 Å². The van der Waals surface area contributed by atoms with E-state index in [0.717, 1.165) is 38.5 Å². The molecule has 0 aromatic rings. The summed E-state index contributed by atoms with van der Waals surface area (Å²) < 4.78 is 5.49. The van der Waals surface area contributed by atoms with E-state index in [9.17, 15) is 19.8 Å². The molecular weight excluding hydrogens is 863 g/mol. The van der Waals surface area contributed by atoms with E-state index >= 15 is 0 Å². The summed E-state index contributed by atoms with van der Waals surface area (Å²) in [5, 5.41) is 23.0. The lowest BCUT2D eigenvalue weighted by Crippen LogP contribution is -2.45. The van der Waals surface area contributed by atoms with Crippen LogP contribution in [-0.4, -0.2) is 47.4 Å². The van der Waals surface area contributed by atoms with Crippen molar-refractivity contribution in [3.63, 3.8) is 0 Å². The SMILES string of the molecule is CCCCCCCCCC/C=C/C(O)C(CO)NC(=O)CCCCCCCCCCCCCCCCCCCCCCCCCCCCCCCCOC(=O)CCCCCCCCCCCCCCC. The second-order valence-electron chi connectivity index (χ2n) is 22.1. The van der Waals surface area contributed by atoms with Crippen LogP contribution in [0.5, 0.6) is 0 Å². The lowest BCUT2D eigenvalue weighted by Gasteiger charge is -2.20. The summed E-state index contributed by atoms with van der Waals surface area (Å²) in [6.45, 7) is 4.91. The largest absolute Gasteiger partial charge is 0.466 e. The normalized spacial score (nSPS) is 12.6. The number of ether oxygens (including phenoxy) is 1. The Kier molecular flexibility index (Phi) is 59.0. The molecule has 6 nitrogen and oxygen atoms in total. The molecule has 0 fully saturated rings. The zero-order valence-corrected chi connectivity index (χ0v) is 47.5. The summed E-state index contributed by atoms with van der Waals surface area (Å²) in [5.74, 6) is -0.0427. The lowest BCUT2D eigenvalue weighted by atomic mass is 10.0. The van der Waals surface area contributed by atoms with Crippen molar-refractivity contribution in [2.24, 2.45) is 0 Å². The van der Waals surface area contributed by atoms with Gasteiger partial charge in [0.1, 0.15) is 0 Å². The second-order valence-corrected chi connectivity index (χ2v) is 22.1. The van der Waals surface area contributed by atoms with Crippen LogP contribution in [0.3, 0.4) is 0 Å². The number of aliphatic hydroxyl groups is 2. The number of allylic oxidation sites excluding steroid dienone is 1. The van der Waals surface area contributed by atoms with Crippen molar-refractivity contribution in [3.8, 4) is 0 Å². The summed E-state index contributed by atoms with van der Waals surface area (Å²) in [5.41, 5.74) is 0. The van der Waals surface area contributed by atoms with Gasteiger partial charge in [-0.05, 0) is 32.1 Å². The van der Waals surface area contributed by atoms with Crippen molar-refractivity contribution in [2.45, 2.75) is 373 Å². The molecule has 2 unspecified atom stereocenters. The van der Waals surface area contributed by atoms with Gasteiger partial charge in [-0.15, -0.1) is 0 Å². The van der Waals surface area contributed by atoms with Crippen LogP contribution in [0.15, 0.2) is 12.2 Å². The van der Waals surface area contributed by atoms with E-state index in [1.54, 1.807) is 6.08 Å². The number of esters is 1. The number of rotatable bonds is 60. The third-order valence-corrected chi connectivity index (χ3v) is 15.1. The van der Waals surface area contributed by atoms with Crippen LogP contribution in [-0.2, 0) is 14.3 Å².